The number of nitrogens with zero attached hydrogens (tertiary/aromatic N) is 1. The Morgan fingerprint density at radius 3 is 2.04 bits per heavy atom. The van der Waals surface area contributed by atoms with Crippen LogP contribution in [0.15, 0.2) is 180 Å². The Labute approximate surface area is 295 Å². The van der Waals surface area contributed by atoms with Gasteiger partial charge in [0.25, 0.3) is 0 Å². The Hall–Kier alpha value is -6.32. The summed E-state index contributed by atoms with van der Waals surface area (Å²) < 4.78 is 15.5. The van der Waals surface area contributed by atoms with Crippen LogP contribution in [-0.2, 0) is 0 Å². The van der Waals surface area contributed by atoms with Crippen molar-refractivity contribution >= 4 is 43.7 Å². The lowest BCUT2D eigenvalue weighted by Crippen LogP contribution is -2.19. The van der Waals surface area contributed by atoms with Gasteiger partial charge in [-0.2, -0.15) is 0 Å². The average molecular weight is 656 g/mol. The van der Waals surface area contributed by atoms with Crippen LogP contribution in [0.5, 0.6) is 5.75 Å². The van der Waals surface area contributed by atoms with Gasteiger partial charge in [0.2, 0.25) is 0 Å². The number of fused-ring (bicyclic) bond motifs is 9. The van der Waals surface area contributed by atoms with E-state index in [0.717, 1.165) is 50.9 Å². The normalized spacial score (nSPS) is 19.1. The Balaban J connectivity index is 0.993. The third-order valence-corrected chi connectivity index (χ3v) is 11.1. The summed E-state index contributed by atoms with van der Waals surface area (Å²) in [7, 11) is 0. The zero-order valence-corrected chi connectivity index (χ0v) is 27.9. The standard InChI is InChI=1S/C48H33NO2/c1-4-10-30(11-5-1)32-18-22-43-39(24-32)40-25-33(19-23-44(40)49(43)36-14-8-3-9-15-36)35-17-21-38-42-28-41-37-20-16-34(31-12-6-2-7-13-31)26-45(37)50-47(41)29-48(42)51-46(38)27-35/h1-12,14-29,31,37,45H,13H2. The number of aromatic nitrogens is 1. The van der Waals surface area contributed by atoms with E-state index in [1.807, 2.05) is 0 Å². The molecule has 242 valence electrons. The molecule has 3 heterocycles. The lowest BCUT2D eigenvalue weighted by atomic mass is 9.83. The lowest BCUT2D eigenvalue weighted by Gasteiger charge is -2.22. The molecule has 2 aliphatic carbocycles. The summed E-state index contributed by atoms with van der Waals surface area (Å²) in [5.41, 5.74) is 12.6. The predicted octanol–water partition coefficient (Wildman–Crippen LogP) is 12.5. The third kappa shape index (κ3) is 4.51. The Morgan fingerprint density at radius 2 is 1.27 bits per heavy atom. The van der Waals surface area contributed by atoms with E-state index in [1.54, 1.807) is 0 Å². The number of hydrogen-bond acceptors (Lipinski definition) is 2. The fourth-order valence-electron chi connectivity index (χ4n) is 8.51. The van der Waals surface area contributed by atoms with Gasteiger partial charge in [0.05, 0.1) is 11.0 Å². The number of rotatable bonds is 4. The zero-order chi connectivity index (χ0) is 33.5. The van der Waals surface area contributed by atoms with Gasteiger partial charge in [0.15, 0.2) is 0 Å². The largest absolute Gasteiger partial charge is 0.485 e. The molecule has 0 amide bonds. The van der Waals surface area contributed by atoms with Crippen LogP contribution in [0.2, 0.25) is 0 Å². The van der Waals surface area contributed by atoms with Crippen molar-refractivity contribution in [3.63, 3.8) is 0 Å². The summed E-state index contributed by atoms with van der Waals surface area (Å²) in [6.45, 7) is 0. The van der Waals surface area contributed by atoms with Crippen LogP contribution < -0.4 is 4.74 Å². The van der Waals surface area contributed by atoms with Crippen LogP contribution in [0.3, 0.4) is 0 Å². The maximum Gasteiger partial charge on any atom is 0.139 e. The summed E-state index contributed by atoms with van der Waals surface area (Å²) in [5, 5.41) is 4.73. The van der Waals surface area contributed by atoms with Crippen molar-refractivity contribution < 1.29 is 9.15 Å². The molecule has 6 aromatic carbocycles. The Morgan fingerprint density at radius 1 is 0.569 bits per heavy atom. The molecule has 0 radical (unpaired) electrons. The van der Waals surface area contributed by atoms with Gasteiger partial charge in [-0.1, -0.05) is 103 Å². The molecule has 1 aliphatic heterocycles. The van der Waals surface area contributed by atoms with Crippen LogP contribution in [0.4, 0.5) is 0 Å². The minimum Gasteiger partial charge on any atom is -0.485 e. The Kier molecular flexibility index (Phi) is 6.20. The summed E-state index contributed by atoms with van der Waals surface area (Å²) in [6, 6.07) is 46.0. The van der Waals surface area contributed by atoms with E-state index in [-0.39, 0.29) is 12.0 Å². The molecule has 3 unspecified atom stereocenters. The average Bonchev–Trinajstić information content (AvgIpc) is 3.85. The van der Waals surface area contributed by atoms with Crippen molar-refractivity contribution in [2.75, 3.05) is 0 Å². The molecular formula is C48H33NO2. The topological polar surface area (TPSA) is 27.3 Å². The molecule has 2 aromatic heterocycles. The van der Waals surface area contributed by atoms with Crippen LogP contribution in [-0.4, -0.2) is 10.7 Å². The van der Waals surface area contributed by atoms with Gasteiger partial charge in [-0.05, 0) is 94.9 Å². The second-order valence-corrected chi connectivity index (χ2v) is 14.0. The van der Waals surface area contributed by atoms with Crippen molar-refractivity contribution in [3.05, 3.63) is 181 Å². The van der Waals surface area contributed by atoms with Crippen molar-refractivity contribution in [3.8, 4) is 33.7 Å². The van der Waals surface area contributed by atoms with Crippen molar-refractivity contribution in [2.45, 2.75) is 18.4 Å². The first-order valence-electron chi connectivity index (χ1n) is 17.8. The zero-order valence-electron chi connectivity index (χ0n) is 27.9. The molecule has 0 saturated heterocycles. The smallest absolute Gasteiger partial charge is 0.139 e. The SMILES string of the molecule is C1=CCC(C2=CC3Oc4cc5oc6cc(-c7ccc8c(c7)c7cc(-c9ccccc9)ccc7n8-c7ccccc7)ccc6c5cc4C3C=C2)C=C1. The number of ether oxygens (including phenoxy) is 1. The molecule has 0 spiro atoms. The van der Waals surface area contributed by atoms with E-state index in [9.17, 15) is 0 Å². The second-order valence-electron chi connectivity index (χ2n) is 14.0. The van der Waals surface area contributed by atoms with Crippen LogP contribution in [0.25, 0.3) is 71.7 Å². The quantitative estimate of drug-likeness (QED) is 0.189. The molecule has 0 bridgehead atoms. The van der Waals surface area contributed by atoms with E-state index >= 15 is 0 Å². The van der Waals surface area contributed by atoms with Crippen molar-refractivity contribution in [1.82, 2.24) is 4.57 Å². The van der Waals surface area contributed by atoms with Crippen LogP contribution >= 0.6 is 0 Å². The summed E-state index contributed by atoms with van der Waals surface area (Å²) >= 11 is 0. The van der Waals surface area contributed by atoms with Crippen LogP contribution in [0, 0.1) is 5.92 Å². The molecular weight excluding hydrogens is 623 g/mol. The van der Waals surface area contributed by atoms with E-state index in [1.165, 1.54) is 44.1 Å². The fourth-order valence-corrected chi connectivity index (χ4v) is 8.51. The second kappa shape index (κ2) is 11.1. The van der Waals surface area contributed by atoms with Gasteiger partial charge in [-0.15, -0.1) is 0 Å². The minimum atomic E-state index is 0.0233. The third-order valence-electron chi connectivity index (χ3n) is 11.1. The highest BCUT2D eigenvalue weighted by Crippen LogP contribution is 2.47. The van der Waals surface area contributed by atoms with Gasteiger partial charge >= 0.3 is 0 Å². The first-order chi connectivity index (χ1) is 25.2. The van der Waals surface area contributed by atoms with Crippen molar-refractivity contribution in [1.29, 1.82) is 0 Å². The molecule has 51 heavy (non-hydrogen) atoms. The molecule has 3 atom stereocenters. The first-order valence-corrected chi connectivity index (χ1v) is 17.8. The van der Waals surface area contributed by atoms with Crippen molar-refractivity contribution in [2.24, 2.45) is 5.92 Å². The van der Waals surface area contributed by atoms with Gasteiger partial charge in [0.1, 0.15) is 23.0 Å². The van der Waals surface area contributed by atoms with Gasteiger partial charge in [0, 0.05) is 50.7 Å². The maximum atomic E-state index is 6.56. The molecule has 8 aromatic rings. The molecule has 3 nitrogen and oxygen atoms in total. The Bertz CT molecular complexity index is 2810. The monoisotopic (exact) mass is 655 g/mol. The lowest BCUT2D eigenvalue weighted by molar-refractivity contribution is 0.267. The predicted molar refractivity (Wildman–Crippen MR) is 210 cm³/mol. The van der Waals surface area contributed by atoms with Gasteiger partial charge < -0.3 is 13.7 Å². The van der Waals surface area contributed by atoms with E-state index in [2.05, 4.69) is 174 Å². The number of furan rings is 1. The fraction of sp³-hybridized carbons (Fsp3) is 0.0833. The number of benzene rings is 6. The molecule has 0 N–H and O–H groups in total. The number of para-hydroxylation sites is 1. The highest BCUT2D eigenvalue weighted by Gasteiger charge is 2.35. The van der Waals surface area contributed by atoms with E-state index < -0.39 is 0 Å². The van der Waals surface area contributed by atoms with E-state index in [4.69, 9.17) is 9.15 Å². The number of allylic oxidation sites excluding steroid dienone is 6. The molecule has 3 aliphatic rings. The number of hydrogen-bond donors (Lipinski definition) is 0. The molecule has 0 fully saturated rings. The summed E-state index contributed by atoms with van der Waals surface area (Å²) in [6.07, 6.45) is 16.8. The van der Waals surface area contributed by atoms with Gasteiger partial charge in [-0.25, -0.2) is 0 Å². The summed E-state index contributed by atoms with van der Waals surface area (Å²) in [4.78, 5) is 0. The molecule has 0 saturated carbocycles. The van der Waals surface area contributed by atoms with E-state index in [0.29, 0.717) is 5.92 Å². The first kappa shape index (κ1) is 28.5. The minimum absolute atomic E-state index is 0.0233. The molecule has 3 heteroatoms. The molecule has 11 rings (SSSR count). The summed E-state index contributed by atoms with van der Waals surface area (Å²) in [5.74, 6) is 1.56. The van der Waals surface area contributed by atoms with Gasteiger partial charge in [-0.3, -0.25) is 0 Å². The maximum absolute atomic E-state index is 6.56. The van der Waals surface area contributed by atoms with Crippen LogP contribution in [0.1, 0.15) is 17.9 Å². The highest BCUT2D eigenvalue weighted by atomic mass is 16.5. The highest BCUT2D eigenvalue weighted by molar-refractivity contribution is 6.12.